The summed E-state index contributed by atoms with van der Waals surface area (Å²) in [6.07, 6.45) is 7.77. The Bertz CT molecular complexity index is 141. The molecule has 0 nitrogen and oxygen atoms in total. The fourth-order valence-electron chi connectivity index (χ4n) is 0.507. The first kappa shape index (κ1) is 8.51. The summed E-state index contributed by atoms with van der Waals surface area (Å²) in [5.74, 6) is 0. The second-order valence-corrected chi connectivity index (χ2v) is 1.98. The maximum atomic E-state index is 5.30. The molecular weight excluding hydrogens is 132 g/mol. The number of hydrogen-bond donors (Lipinski definition) is 0. The second kappa shape index (κ2) is 5.64. The molecule has 0 radical (unpaired) electrons. The quantitative estimate of drug-likeness (QED) is 0.520. The third kappa shape index (κ3) is 5.38. The van der Waals surface area contributed by atoms with Gasteiger partial charge < -0.3 is 0 Å². The molecule has 0 unspecified atom stereocenters. The van der Waals surface area contributed by atoms with Crippen molar-refractivity contribution in [2.45, 2.75) is 13.8 Å². The topological polar surface area (TPSA) is 0 Å². The van der Waals surface area contributed by atoms with Crippen molar-refractivity contribution >= 4 is 11.6 Å². The highest BCUT2D eigenvalue weighted by Crippen LogP contribution is 1.94. The molecule has 0 spiro atoms. The zero-order chi connectivity index (χ0) is 7.11. The van der Waals surface area contributed by atoms with Gasteiger partial charge in [-0.25, -0.2) is 0 Å². The lowest BCUT2D eigenvalue weighted by atomic mass is 10.2. The summed E-state index contributed by atoms with van der Waals surface area (Å²) in [4.78, 5) is 0. The van der Waals surface area contributed by atoms with Crippen molar-refractivity contribution in [1.29, 1.82) is 0 Å². The number of rotatable bonds is 2. The molecule has 0 fully saturated rings. The molecule has 50 valence electrons. The maximum absolute atomic E-state index is 5.30. The normalized spacial score (nSPS) is 13.9. The van der Waals surface area contributed by atoms with E-state index in [-0.39, 0.29) is 0 Å². The van der Waals surface area contributed by atoms with E-state index in [0.717, 1.165) is 0 Å². The van der Waals surface area contributed by atoms with E-state index in [1.54, 1.807) is 6.08 Å². The zero-order valence-corrected chi connectivity index (χ0v) is 6.52. The van der Waals surface area contributed by atoms with Crippen LogP contribution in [0.3, 0.4) is 0 Å². The molecule has 0 aromatic rings. The molecule has 0 rings (SSSR count). The van der Waals surface area contributed by atoms with Crippen LogP contribution in [0.1, 0.15) is 13.8 Å². The highest BCUT2D eigenvalue weighted by molar-refractivity contribution is 6.25. The van der Waals surface area contributed by atoms with Crippen molar-refractivity contribution in [3.05, 3.63) is 35.4 Å². The Balaban J connectivity index is 3.84. The van der Waals surface area contributed by atoms with Gasteiger partial charge in [0.15, 0.2) is 0 Å². The average Bonchev–Trinajstić information content (AvgIpc) is 1.85. The van der Waals surface area contributed by atoms with Crippen LogP contribution in [-0.4, -0.2) is 0 Å². The Morgan fingerprint density at radius 2 is 2.11 bits per heavy atom. The van der Waals surface area contributed by atoms with Crippen LogP contribution in [0.2, 0.25) is 0 Å². The molecule has 9 heavy (non-hydrogen) atoms. The maximum Gasteiger partial charge on any atom is 0.00425 e. The minimum Gasteiger partial charge on any atom is -0.0930 e. The predicted octanol–water partition coefficient (Wildman–Crippen LogP) is 3.26. The van der Waals surface area contributed by atoms with Gasteiger partial charge in [-0.1, -0.05) is 41.5 Å². The summed E-state index contributed by atoms with van der Waals surface area (Å²) >= 11 is 5.30. The first-order valence-electron chi connectivity index (χ1n) is 2.87. The van der Waals surface area contributed by atoms with Crippen LogP contribution in [0, 0.1) is 0 Å². The lowest BCUT2D eigenvalue weighted by Gasteiger charge is -1.83. The molecule has 1 heteroatoms. The van der Waals surface area contributed by atoms with E-state index < -0.39 is 0 Å². The van der Waals surface area contributed by atoms with Gasteiger partial charge in [0, 0.05) is 5.54 Å². The van der Waals surface area contributed by atoms with Crippen LogP contribution in [0.5, 0.6) is 0 Å². The van der Waals surface area contributed by atoms with E-state index in [1.807, 2.05) is 32.1 Å². The summed E-state index contributed by atoms with van der Waals surface area (Å²) in [7, 11) is 0. The summed E-state index contributed by atoms with van der Waals surface area (Å²) in [6, 6.07) is 0. The van der Waals surface area contributed by atoms with Crippen LogP contribution >= 0.6 is 11.6 Å². The standard InChI is InChI=1S/C8H11Cl/c1-3-5-8(2)6-4-7-9/h3-7H,1-2H3/b5-3-,7-4+,8-6-. The van der Waals surface area contributed by atoms with Gasteiger partial charge in [0.05, 0.1) is 0 Å². The second-order valence-electron chi connectivity index (χ2n) is 1.73. The van der Waals surface area contributed by atoms with E-state index in [2.05, 4.69) is 0 Å². The minimum atomic E-state index is 1.20. The van der Waals surface area contributed by atoms with Gasteiger partial charge in [-0.2, -0.15) is 0 Å². The van der Waals surface area contributed by atoms with Crippen LogP contribution in [-0.2, 0) is 0 Å². The molecule has 0 aromatic heterocycles. The molecule has 0 atom stereocenters. The van der Waals surface area contributed by atoms with E-state index in [1.165, 1.54) is 11.1 Å². The molecule has 0 N–H and O–H groups in total. The Labute approximate surface area is 61.5 Å². The van der Waals surface area contributed by atoms with Gasteiger partial charge in [-0.3, -0.25) is 0 Å². The van der Waals surface area contributed by atoms with Crippen LogP contribution in [0.25, 0.3) is 0 Å². The van der Waals surface area contributed by atoms with Crippen molar-refractivity contribution in [3.8, 4) is 0 Å². The molecule has 0 saturated heterocycles. The van der Waals surface area contributed by atoms with Gasteiger partial charge in [0.25, 0.3) is 0 Å². The summed E-state index contributed by atoms with van der Waals surface area (Å²) in [5, 5.41) is 0. The monoisotopic (exact) mass is 142 g/mol. The van der Waals surface area contributed by atoms with Crippen LogP contribution < -0.4 is 0 Å². The Kier molecular flexibility index (Phi) is 5.34. The fourth-order valence-corrected chi connectivity index (χ4v) is 0.579. The molecule has 0 aliphatic carbocycles. The van der Waals surface area contributed by atoms with Crippen molar-refractivity contribution in [2.75, 3.05) is 0 Å². The summed E-state index contributed by atoms with van der Waals surface area (Å²) in [5.41, 5.74) is 2.70. The minimum absolute atomic E-state index is 1.20. The number of halogens is 1. The van der Waals surface area contributed by atoms with Gasteiger partial charge >= 0.3 is 0 Å². The van der Waals surface area contributed by atoms with E-state index in [9.17, 15) is 0 Å². The first-order valence-corrected chi connectivity index (χ1v) is 3.31. The molecule has 0 saturated carbocycles. The highest BCUT2D eigenvalue weighted by atomic mass is 35.5. The lowest BCUT2D eigenvalue weighted by Crippen LogP contribution is -1.62. The van der Waals surface area contributed by atoms with E-state index in [4.69, 9.17) is 11.6 Å². The summed E-state index contributed by atoms with van der Waals surface area (Å²) < 4.78 is 0. The fraction of sp³-hybridized carbons (Fsp3) is 0.250. The Hall–Kier alpha value is -0.490. The summed E-state index contributed by atoms with van der Waals surface area (Å²) in [6.45, 7) is 4.01. The van der Waals surface area contributed by atoms with Crippen molar-refractivity contribution in [1.82, 2.24) is 0 Å². The predicted molar refractivity (Wildman–Crippen MR) is 43.6 cm³/mol. The smallest absolute Gasteiger partial charge is 0.00425 e. The van der Waals surface area contributed by atoms with Crippen molar-refractivity contribution in [3.63, 3.8) is 0 Å². The average molecular weight is 143 g/mol. The molecule has 0 bridgehead atoms. The molecule has 0 amide bonds. The van der Waals surface area contributed by atoms with Gasteiger partial charge in [0.2, 0.25) is 0 Å². The Morgan fingerprint density at radius 1 is 1.44 bits per heavy atom. The molecule has 0 aliphatic rings. The number of allylic oxidation sites excluding steroid dienone is 5. The third-order valence-electron chi connectivity index (χ3n) is 0.861. The molecule has 0 heterocycles. The van der Waals surface area contributed by atoms with Gasteiger partial charge in [-0.15, -0.1) is 0 Å². The lowest BCUT2D eigenvalue weighted by molar-refractivity contribution is 1.50. The first-order chi connectivity index (χ1) is 4.31. The van der Waals surface area contributed by atoms with Crippen LogP contribution in [0.15, 0.2) is 35.4 Å². The zero-order valence-electron chi connectivity index (χ0n) is 5.76. The Morgan fingerprint density at radius 3 is 2.56 bits per heavy atom. The largest absolute Gasteiger partial charge is 0.0930 e. The highest BCUT2D eigenvalue weighted by Gasteiger charge is 1.73. The van der Waals surface area contributed by atoms with Crippen LogP contribution in [0.4, 0.5) is 0 Å². The molecule has 0 aliphatic heterocycles. The molecular formula is C8H11Cl. The van der Waals surface area contributed by atoms with Crippen molar-refractivity contribution < 1.29 is 0 Å². The number of hydrogen-bond acceptors (Lipinski definition) is 0. The van der Waals surface area contributed by atoms with Gasteiger partial charge in [0.1, 0.15) is 0 Å². The van der Waals surface area contributed by atoms with E-state index in [0.29, 0.717) is 0 Å². The molecule has 0 aromatic carbocycles. The van der Waals surface area contributed by atoms with E-state index >= 15 is 0 Å². The van der Waals surface area contributed by atoms with Gasteiger partial charge in [-0.05, 0) is 13.8 Å². The third-order valence-corrected chi connectivity index (χ3v) is 1.01. The van der Waals surface area contributed by atoms with Crippen molar-refractivity contribution in [2.24, 2.45) is 0 Å². The SMILES string of the molecule is C\C=C/C(C)=C\C=C\Cl.